The van der Waals surface area contributed by atoms with Crippen LogP contribution in [-0.4, -0.2) is 66.5 Å². The molecule has 0 amide bonds. The fraction of sp³-hybridized carbons (Fsp3) is 0.720. The molecule has 2 aliphatic rings. The Morgan fingerprint density at radius 1 is 1.03 bits per heavy atom. The number of benzene rings is 1. The standard InChI is InChI=1S/C25H41N3O2/c1-21-10-8-17-28(21)18-9-19-29-23-13-11-22(12-14-23)24(26-30-25(2,3)4)20-27-15-6-5-7-16-27/h11-14,21H,5-10,15-20H2,1-4H3/b26-24+/t21-/m1/s1. The molecule has 2 fully saturated rings. The van der Waals surface area contributed by atoms with Crippen LogP contribution in [0.15, 0.2) is 29.4 Å². The van der Waals surface area contributed by atoms with Gasteiger partial charge in [0, 0.05) is 24.7 Å². The molecule has 0 bridgehead atoms. The fourth-order valence-corrected chi connectivity index (χ4v) is 4.22. The Hall–Kier alpha value is -1.59. The highest BCUT2D eigenvalue weighted by molar-refractivity contribution is 6.01. The minimum absolute atomic E-state index is 0.289. The quantitative estimate of drug-likeness (QED) is 0.325. The van der Waals surface area contributed by atoms with Gasteiger partial charge in [0.1, 0.15) is 17.1 Å². The van der Waals surface area contributed by atoms with Crippen molar-refractivity contribution in [1.29, 1.82) is 0 Å². The van der Waals surface area contributed by atoms with Gasteiger partial charge in [-0.25, -0.2) is 0 Å². The lowest BCUT2D eigenvalue weighted by Crippen LogP contribution is -2.35. The van der Waals surface area contributed by atoms with Gasteiger partial charge >= 0.3 is 0 Å². The third-order valence-electron chi connectivity index (χ3n) is 5.99. The third kappa shape index (κ3) is 7.59. The zero-order chi connectivity index (χ0) is 21.4. The van der Waals surface area contributed by atoms with Crippen LogP contribution in [0.5, 0.6) is 5.75 Å². The lowest BCUT2D eigenvalue weighted by molar-refractivity contribution is 0.000366. The number of rotatable bonds is 9. The van der Waals surface area contributed by atoms with Crippen molar-refractivity contribution in [3.8, 4) is 5.75 Å². The first-order valence-electron chi connectivity index (χ1n) is 11.9. The number of hydrogen-bond acceptors (Lipinski definition) is 5. The van der Waals surface area contributed by atoms with Crippen LogP contribution < -0.4 is 4.74 Å². The van der Waals surface area contributed by atoms with E-state index in [0.29, 0.717) is 0 Å². The number of nitrogens with zero attached hydrogens (tertiary/aromatic N) is 3. The van der Waals surface area contributed by atoms with Crippen LogP contribution >= 0.6 is 0 Å². The van der Waals surface area contributed by atoms with Crippen molar-refractivity contribution in [1.82, 2.24) is 9.80 Å². The van der Waals surface area contributed by atoms with Crippen molar-refractivity contribution in [2.24, 2.45) is 5.16 Å². The second kappa shape index (κ2) is 11.1. The summed E-state index contributed by atoms with van der Waals surface area (Å²) in [5, 5.41) is 4.54. The van der Waals surface area contributed by atoms with E-state index in [1.165, 1.54) is 38.6 Å². The number of likely N-dealkylation sites (tertiary alicyclic amines) is 2. The molecule has 0 N–H and O–H groups in total. The van der Waals surface area contributed by atoms with E-state index in [2.05, 4.69) is 46.1 Å². The van der Waals surface area contributed by atoms with Crippen molar-refractivity contribution in [3.63, 3.8) is 0 Å². The molecule has 0 aliphatic carbocycles. The molecular formula is C25H41N3O2. The molecule has 5 heteroatoms. The summed E-state index contributed by atoms with van der Waals surface area (Å²) in [6, 6.07) is 9.10. The predicted octanol–water partition coefficient (Wildman–Crippen LogP) is 4.94. The minimum Gasteiger partial charge on any atom is -0.494 e. The fourth-order valence-electron chi connectivity index (χ4n) is 4.22. The van der Waals surface area contributed by atoms with Gasteiger partial charge in [-0.15, -0.1) is 0 Å². The van der Waals surface area contributed by atoms with Crippen LogP contribution in [0.4, 0.5) is 0 Å². The van der Waals surface area contributed by atoms with Gasteiger partial charge in [-0.3, -0.25) is 4.90 Å². The Bertz CT molecular complexity index is 660. The topological polar surface area (TPSA) is 37.3 Å². The maximum absolute atomic E-state index is 5.99. The second-order valence-electron chi connectivity index (χ2n) is 9.83. The van der Waals surface area contributed by atoms with E-state index in [4.69, 9.17) is 9.57 Å². The first-order valence-corrected chi connectivity index (χ1v) is 11.9. The Morgan fingerprint density at radius 3 is 2.40 bits per heavy atom. The Morgan fingerprint density at radius 2 is 1.77 bits per heavy atom. The van der Waals surface area contributed by atoms with E-state index in [1.54, 1.807) is 0 Å². The Balaban J connectivity index is 1.54. The van der Waals surface area contributed by atoms with Gasteiger partial charge in [0.15, 0.2) is 0 Å². The normalized spacial score (nSPS) is 21.7. The lowest BCUT2D eigenvalue weighted by Gasteiger charge is -2.27. The van der Waals surface area contributed by atoms with Gasteiger partial charge < -0.3 is 14.5 Å². The van der Waals surface area contributed by atoms with Crippen LogP contribution in [0.25, 0.3) is 0 Å². The average Bonchev–Trinajstić information content (AvgIpc) is 3.14. The van der Waals surface area contributed by atoms with Gasteiger partial charge in [0.2, 0.25) is 0 Å². The van der Waals surface area contributed by atoms with Crippen molar-refractivity contribution in [3.05, 3.63) is 29.8 Å². The number of hydrogen-bond donors (Lipinski definition) is 0. The SMILES string of the molecule is C[C@@H]1CCCN1CCCOc1ccc(/C(CN2CCCCC2)=N/OC(C)(C)C)cc1. The Kier molecular flexibility index (Phi) is 8.58. The van der Waals surface area contributed by atoms with Gasteiger partial charge in [-0.1, -0.05) is 11.6 Å². The van der Waals surface area contributed by atoms with Crippen molar-refractivity contribution in [2.75, 3.05) is 39.3 Å². The molecule has 0 saturated carbocycles. The molecule has 30 heavy (non-hydrogen) atoms. The summed E-state index contributed by atoms with van der Waals surface area (Å²) in [4.78, 5) is 10.8. The van der Waals surface area contributed by atoms with Crippen molar-refractivity contribution in [2.45, 2.75) is 77.9 Å². The van der Waals surface area contributed by atoms with E-state index in [0.717, 1.165) is 62.3 Å². The van der Waals surface area contributed by atoms with Gasteiger partial charge in [-0.2, -0.15) is 0 Å². The van der Waals surface area contributed by atoms with Crippen LogP contribution in [0, 0.1) is 0 Å². The van der Waals surface area contributed by atoms with Crippen LogP contribution in [0.1, 0.15) is 71.8 Å². The van der Waals surface area contributed by atoms with E-state index in [9.17, 15) is 0 Å². The summed E-state index contributed by atoms with van der Waals surface area (Å²) in [5.41, 5.74) is 1.83. The molecule has 2 saturated heterocycles. The van der Waals surface area contributed by atoms with Gasteiger partial charge in [0.05, 0.1) is 6.61 Å². The smallest absolute Gasteiger partial charge is 0.129 e. The molecule has 1 aromatic carbocycles. The number of ether oxygens (including phenoxy) is 1. The number of oxime groups is 1. The highest BCUT2D eigenvalue weighted by Crippen LogP contribution is 2.18. The summed E-state index contributed by atoms with van der Waals surface area (Å²) in [6.45, 7) is 14.7. The molecule has 2 heterocycles. The molecule has 1 aromatic rings. The largest absolute Gasteiger partial charge is 0.494 e. The van der Waals surface area contributed by atoms with E-state index in [1.807, 2.05) is 20.8 Å². The van der Waals surface area contributed by atoms with E-state index in [-0.39, 0.29) is 5.60 Å². The molecule has 0 spiro atoms. The zero-order valence-electron chi connectivity index (χ0n) is 19.5. The number of piperidine rings is 1. The first-order chi connectivity index (χ1) is 14.4. The van der Waals surface area contributed by atoms with Crippen molar-refractivity contribution < 1.29 is 9.57 Å². The maximum atomic E-state index is 5.99. The third-order valence-corrected chi connectivity index (χ3v) is 5.99. The summed E-state index contributed by atoms with van der Waals surface area (Å²) in [7, 11) is 0. The molecule has 2 aliphatic heterocycles. The first kappa shape index (κ1) is 23.1. The average molecular weight is 416 g/mol. The van der Waals surface area contributed by atoms with Crippen molar-refractivity contribution >= 4 is 5.71 Å². The maximum Gasteiger partial charge on any atom is 0.129 e. The summed E-state index contributed by atoms with van der Waals surface area (Å²) in [5.74, 6) is 0.933. The van der Waals surface area contributed by atoms with Crippen LogP contribution in [-0.2, 0) is 4.84 Å². The minimum atomic E-state index is -0.289. The molecule has 168 valence electrons. The van der Waals surface area contributed by atoms with Gasteiger partial charge in [0.25, 0.3) is 0 Å². The highest BCUT2D eigenvalue weighted by atomic mass is 16.6. The van der Waals surface area contributed by atoms with E-state index < -0.39 is 0 Å². The molecule has 3 rings (SSSR count). The highest BCUT2D eigenvalue weighted by Gasteiger charge is 2.19. The zero-order valence-corrected chi connectivity index (χ0v) is 19.5. The lowest BCUT2D eigenvalue weighted by atomic mass is 10.1. The molecular weight excluding hydrogens is 374 g/mol. The molecule has 5 nitrogen and oxygen atoms in total. The monoisotopic (exact) mass is 415 g/mol. The Labute approximate surface area is 183 Å². The van der Waals surface area contributed by atoms with Crippen LogP contribution in [0.3, 0.4) is 0 Å². The predicted molar refractivity (Wildman–Crippen MR) is 124 cm³/mol. The molecule has 0 unspecified atom stereocenters. The second-order valence-corrected chi connectivity index (χ2v) is 9.83. The summed E-state index contributed by atoms with van der Waals surface area (Å²) < 4.78 is 5.99. The summed E-state index contributed by atoms with van der Waals surface area (Å²) >= 11 is 0. The molecule has 0 aromatic heterocycles. The van der Waals surface area contributed by atoms with E-state index >= 15 is 0 Å². The van der Waals surface area contributed by atoms with Crippen LogP contribution in [0.2, 0.25) is 0 Å². The molecule has 1 atom stereocenters. The molecule has 0 radical (unpaired) electrons. The summed E-state index contributed by atoms with van der Waals surface area (Å²) in [6.07, 6.45) is 7.64. The van der Waals surface area contributed by atoms with Gasteiger partial charge in [-0.05, 0) is 104 Å².